The first-order valence-corrected chi connectivity index (χ1v) is 8.61. The smallest absolute Gasteiger partial charge is 0.0406 e. The van der Waals surface area contributed by atoms with Gasteiger partial charge in [0, 0.05) is 49.5 Å². The van der Waals surface area contributed by atoms with Gasteiger partial charge >= 0.3 is 0 Å². The van der Waals surface area contributed by atoms with Gasteiger partial charge in [-0.3, -0.25) is 4.90 Å². The van der Waals surface area contributed by atoms with Gasteiger partial charge in [-0.25, -0.2) is 0 Å². The fraction of sp³-hybridized carbons (Fsp3) is 0.368. The molecule has 3 rings (SSSR count). The maximum atomic E-state index is 6.33. The van der Waals surface area contributed by atoms with Crippen LogP contribution in [0.25, 0.3) is 0 Å². The zero-order valence-corrected chi connectivity index (χ0v) is 14.1. The molecule has 0 spiro atoms. The van der Waals surface area contributed by atoms with E-state index < -0.39 is 0 Å². The lowest BCUT2D eigenvalue weighted by Gasteiger charge is -2.37. The summed E-state index contributed by atoms with van der Waals surface area (Å²) in [7, 11) is 0. The Bertz CT molecular complexity index is 592. The van der Waals surface area contributed by atoms with Crippen LogP contribution in [0.2, 0.25) is 5.02 Å². The normalized spacial score (nSPS) is 17.2. The minimum atomic E-state index is 0.166. The molecule has 4 heteroatoms. The van der Waals surface area contributed by atoms with E-state index in [4.69, 9.17) is 17.3 Å². The van der Waals surface area contributed by atoms with Crippen molar-refractivity contribution < 1.29 is 0 Å². The molecule has 1 fully saturated rings. The van der Waals surface area contributed by atoms with Gasteiger partial charge in [-0.2, -0.15) is 0 Å². The molecule has 0 amide bonds. The van der Waals surface area contributed by atoms with E-state index in [1.807, 2.05) is 12.1 Å². The van der Waals surface area contributed by atoms with Gasteiger partial charge in [-0.1, -0.05) is 41.9 Å². The van der Waals surface area contributed by atoms with Gasteiger partial charge in [-0.15, -0.1) is 0 Å². The summed E-state index contributed by atoms with van der Waals surface area (Å²) in [6.45, 7) is 5.23. The first-order valence-electron chi connectivity index (χ1n) is 8.23. The molecule has 0 aliphatic carbocycles. The average molecular weight is 330 g/mol. The fourth-order valence-electron chi connectivity index (χ4n) is 3.15. The highest BCUT2D eigenvalue weighted by atomic mass is 35.5. The molecule has 0 aromatic heterocycles. The zero-order chi connectivity index (χ0) is 16.1. The van der Waals surface area contributed by atoms with Gasteiger partial charge in [0.15, 0.2) is 0 Å². The largest absolute Gasteiger partial charge is 0.369 e. The van der Waals surface area contributed by atoms with Crippen molar-refractivity contribution in [2.24, 2.45) is 5.73 Å². The molecule has 0 saturated carbocycles. The Morgan fingerprint density at radius 3 is 2.22 bits per heavy atom. The fourth-order valence-corrected chi connectivity index (χ4v) is 3.27. The van der Waals surface area contributed by atoms with Crippen LogP contribution in [-0.2, 0) is 6.42 Å². The summed E-state index contributed by atoms with van der Waals surface area (Å²) in [5, 5.41) is 0.777. The zero-order valence-electron chi connectivity index (χ0n) is 13.4. The molecule has 2 aromatic rings. The monoisotopic (exact) mass is 329 g/mol. The van der Waals surface area contributed by atoms with Gasteiger partial charge in [-0.05, 0) is 36.2 Å². The number of piperazine rings is 1. The van der Waals surface area contributed by atoms with Crippen LogP contribution < -0.4 is 10.6 Å². The van der Waals surface area contributed by atoms with E-state index in [1.165, 1.54) is 11.3 Å². The Morgan fingerprint density at radius 1 is 0.913 bits per heavy atom. The van der Waals surface area contributed by atoms with E-state index in [0.717, 1.165) is 44.2 Å². The summed E-state index contributed by atoms with van der Waals surface area (Å²) in [5.74, 6) is 0. The molecule has 1 aliphatic rings. The highest BCUT2D eigenvalue weighted by molar-refractivity contribution is 6.30. The Morgan fingerprint density at radius 2 is 1.57 bits per heavy atom. The minimum Gasteiger partial charge on any atom is -0.369 e. The van der Waals surface area contributed by atoms with Crippen LogP contribution in [0.3, 0.4) is 0 Å². The third-order valence-corrected chi connectivity index (χ3v) is 4.65. The molecular weight excluding hydrogens is 306 g/mol. The van der Waals surface area contributed by atoms with Crippen molar-refractivity contribution in [3.05, 3.63) is 65.2 Å². The Hall–Kier alpha value is -1.55. The summed E-state index contributed by atoms with van der Waals surface area (Å²) in [6, 6.07) is 18.8. The number of para-hydroxylation sites is 1. The van der Waals surface area contributed by atoms with Gasteiger partial charge in [0.05, 0.1) is 0 Å². The molecule has 1 saturated heterocycles. The molecule has 1 aliphatic heterocycles. The van der Waals surface area contributed by atoms with Crippen LogP contribution >= 0.6 is 11.6 Å². The molecule has 2 aromatic carbocycles. The van der Waals surface area contributed by atoms with Gasteiger partial charge < -0.3 is 10.6 Å². The Kier molecular flexibility index (Phi) is 5.55. The summed E-state index contributed by atoms with van der Waals surface area (Å²) in [5.41, 5.74) is 8.90. The van der Waals surface area contributed by atoms with Crippen molar-refractivity contribution in [3.63, 3.8) is 0 Å². The van der Waals surface area contributed by atoms with E-state index in [2.05, 4.69) is 52.3 Å². The first kappa shape index (κ1) is 16.3. The summed E-state index contributed by atoms with van der Waals surface area (Å²) in [6.07, 6.45) is 0.899. The Balaban J connectivity index is 1.46. The van der Waals surface area contributed by atoms with Crippen LogP contribution in [0.15, 0.2) is 54.6 Å². The molecule has 0 unspecified atom stereocenters. The predicted molar refractivity (Wildman–Crippen MR) is 98.2 cm³/mol. The highest BCUT2D eigenvalue weighted by Crippen LogP contribution is 2.16. The topological polar surface area (TPSA) is 32.5 Å². The summed E-state index contributed by atoms with van der Waals surface area (Å²) >= 11 is 5.92. The number of anilines is 1. The molecule has 122 valence electrons. The Labute approximate surface area is 143 Å². The van der Waals surface area contributed by atoms with E-state index in [9.17, 15) is 0 Å². The number of halogens is 1. The van der Waals surface area contributed by atoms with Crippen LogP contribution in [-0.4, -0.2) is 43.7 Å². The van der Waals surface area contributed by atoms with E-state index in [1.54, 1.807) is 0 Å². The number of hydrogen-bond donors (Lipinski definition) is 1. The molecule has 23 heavy (non-hydrogen) atoms. The van der Waals surface area contributed by atoms with Crippen LogP contribution in [0.4, 0.5) is 5.69 Å². The molecule has 3 nitrogen and oxygen atoms in total. The molecule has 0 bridgehead atoms. The minimum absolute atomic E-state index is 0.166. The summed E-state index contributed by atoms with van der Waals surface area (Å²) < 4.78 is 0. The highest BCUT2D eigenvalue weighted by Gasteiger charge is 2.18. The number of rotatable bonds is 5. The van der Waals surface area contributed by atoms with Crippen LogP contribution in [0, 0.1) is 0 Å². The molecule has 2 N–H and O–H groups in total. The standard InChI is InChI=1S/C19H24ClN3/c20-17-8-6-16(7-9-17)14-18(21)15-22-10-12-23(13-11-22)19-4-2-1-3-5-19/h1-9,18H,10-15,21H2/t18-/m0/s1. The van der Waals surface area contributed by atoms with Crippen molar-refractivity contribution >= 4 is 17.3 Å². The maximum Gasteiger partial charge on any atom is 0.0406 e. The summed E-state index contributed by atoms with van der Waals surface area (Å²) in [4.78, 5) is 4.92. The second-order valence-electron chi connectivity index (χ2n) is 6.21. The lowest BCUT2D eigenvalue weighted by molar-refractivity contribution is 0.242. The van der Waals surface area contributed by atoms with E-state index >= 15 is 0 Å². The van der Waals surface area contributed by atoms with E-state index in [-0.39, 0.29) is 6.04 Å². The van der Waals surface area contributed by atoms with Gasteiger partial charge in [0.1, 0.15) is 0 Å². The number of benzene rings is 2. The third-order valence-electron chi connectivity index (χ3n) is 4.40. The average Bonchev–Trinajstić information content (AvgIpc) is 2.58. The van der Waals surface area contributed by atoms with Crippen molar-refractivity contribution in [2.45, 2.75) is 12.5 Å². The second kappa shape index (κ2) is 7.82. The molecule has 1 heterocycles. The lowest BCUT2D eigenvalue weighted by atomic mass is 10.1. The van der Waals surface area contributed by atoms with E-state index in [0.29, 0.717) is 0 Å². The predicted octanol–water partition coefficient (Wildman–Crippen LogP) is 3.03. The molecular formula is C19H24ClN3. The molecule has 0 radical (unpaired) electrons. The number of hydrogen-bond acceptors (Lipinski definition) is 3. The first-order chi connectivity index (χ1) is 11.2. The molecule has 1 atom stereocenters. The SMILES string of the molecule is N[C@@H](Cc1ccc(Cl)cc1)CN1CCN(c2ccccc2)CC1. The lowest BCUT2D eigenvalue weighted by Crippen LogP contribution is -2.50. The van der Waals surface area contributed by atoms with Crippen molar-refractivity contribution in [2.75, 3.05) is 37.6 Å². The van der Waals surface area contributed by atoms with Crippen LogP contribution in [0.1, 0.15) is 5.56 Å². The number of nitrogens with two attached hydrogens (primary N) is 1. The van der Waals surface area contributed by atoms with Gasteiger partial charge in [0.25, 0.3) is 0 Å². The van der Waals surface area contributed by atoms with Crippen molar-refractivity contribution in [1.29, 1.82) is 0 Å². The number of nitrogens with zero attached hydrogens (tertiary/aromatic N) is 2. The van der Waals surface area contributed by atoms with Gasteiger partial charge in [0.2, 0.25) is 0 Å². The van der Waals surface area contributed by atoms with Crippen LogP contribution in [0.5, 0.6) is 0 Å². The second-order valence-corrected chi connectivity index (χ2v) is 6.65. The third kappa shape index (κ3) is 4.71. The van der Waals surface area contributed by atoms with Crippen molar-refractivity contribution in [3.8, 4) is 0 Å². The van der Waals surface area contributed by atoms with Crippen molar-refractivity contribution in [1.82, 2.24) is 4.90 Å². The maximum absolute atomic E-state index is 6.33. The quantitative estimate of drug-likeness (QED) is 0.915.